The van der Waals surface area contributed by atoms with Gasteiger partial charge in [0.15, 0.2) is 18.4 Å². The Balaban J connectivity index is 2.44. The van der Waals surface area contributed by atoms with Gasteiger partial charge in [0, 0.05) is 38.4 Å². The van der Waals surface area contributed by atoms with Crippen molar-refractivity contribution in [1.82, 2.24) is 4.90 Å². The maximum Gasteiger partial charge on any atom is 0.308 e. The minimum absolute atomic E-state index is 0.00771. The largest absolute Gasteiger partial charge is 0.462 e. The number of ether oxygens (including phenoxy) is 7. The van der Waals surface area contributed by atoms with Crippen LogP contribution in [-0.4, -0.2) is 152 Å². The van der Waals surface area contributed by atoms with Gasteiger partial charge in [0.05, 0.1) is 37.4 Å². The summed E-state index contributed by atoms with van der Waals surface area (Å²) in [5.74, 6) is -3.19. The lowest BCUT2D eigenvalue weighted by Gasteiger charge is -2.42. The number of carbonyl (C=O) groups is 3. The van der Waals surface area contributed by atoms with Gasteiger partial charge in [-0.05, 0) is 66.6 Å². The molecule has 0 aromatic rings. The fourth-order valence-electron chi connectivity index (χ4n) is 7.05. The molecule has 0 aliphatic carbocycles. The molecule has 2 rings (SSSR count). The molecule has 2 heterocycles. The highest BCUT2D eigenvalue weighted by molar-refractivity contribution is 5.91. The second kappa shape index (κ2) is 23.2. The molecule has 0 bridgehead atoms. The van der Waals surface area contributed by atoms with E-state index in [2.05, 4.69) is 0 Å². The molecule has 0 radical (unpaired) electrons. The highest BCUT2D eigenvalue weighted by Gasteiger charge is 2.45. The number of cyclic esters (lactones) is 1. The molecule has 0 amide bonds. The number of aliphatic hydroxyl groups is 4. The number of carbonyl (C=O) groups excluding carboxylic acids is 3. The second-order valence-corrected chi connectivity index (χ2v) is 15.0. The molecule has 4 N–H and O–H groups in total. The summed E-state index contributed by atoms with van der Waals surface area (Å²) in [5, 5.41) is 43.0. The first-order valence-electron chi connectivity index (χ1n) is 19.0. The zero-order chi connectivity index (χ0) is 40.9. The van der Waals surface area contributed by atoms with Gasteiger partial charge in [-0.15, -0.1) is 0 Å². The van der Waals surface area contributed by atoms with Crippen LogP contribution in [-0.2, 0) is 47.5 Å². The number of likely N-dealkylation sites (N-methyl/N-ethyl adjacent to an activating group) is 1. The third-order valence-corrected chi connectivity index (χ3v) is 10.5. The predicted octanol–water partition coefficient (Wildman–Crippen LogP) is 2.16. The van der Waals surface area contributed by atoms with E-state index in [4.69, 9.17) is 33.2 Å². The third-order valence-electron chi connectivity index (χ3n) is 10.5. The van der Waals surface area contributed by atoms with E-state index in [0.29, 0.717) is 12.0 Å². The summed E-state index contributed by atoms with van der Waals surface area (Å²) < 4.78 is 41.5. The van der Waals surface area contributed by atoms with Gasteiger partial charge in [-0.25, -0.2) is 0 Å². The van der Waals surface area contributed by atoms with E-state index in [1.165, 1.54) is 25.2 Å². The van der Waals surface area contributed by atoms with Crippen molar-refractivity contribution in [2.45, 2.75) is 148 Å². The first-order chi connectivity index (χ1) is 25.4. The number of methoxy groups -OCH3 is 2. The first kappa shape index (κ1) is 48.0. The summed E-state index contributed by atoms with van der Waals surface area (Å²) in [6.07, 6.45) is -5.11. The molecular weight excluding hydrogens is 706 g/mol. The van der Waals surface area contributed by atoms with E-state index in [-0.39, 0.29) is 25.2 Å². The summed E-state index contributed by atoms with van der Waals surface area (Å²) in [5.41, 5.74) is 0.707. The number of hydrogen-bond acceptors (Lipinski definition) is 15. The Morgan fingerprint density at radius 1 is 1.02 bits per heavy atom. The molecule has 1 saturated heterocycles. The average molecular weight is 774 g/mol. The van der Waals surface area contributed by atoms with Crippen LogP contribution in [0.4, 0.5) is 0 Å². The summed E-state index contributed by atoms with van der Waals surface area (Å²) >= 11 is 0. The number of esters is 1. The molecule has 2 aliphatic rings. The van der Waals surface area contributed by atoms with Crippen LogP contribution in [0.3, 0.4) is 0 Å². The number of allylic oxidation sites excluding steroid dienone is 3. The van der Waals surface area contributed by atoms with Crippen LogP contribution in [0.2, 0.25) is 0 Å². The van der Waals surface area contributed by atoms with Gasteiger partial charge in [-0.3, -0.25) is 14.5 Å². The van der Waals surface area contributed by atoms with Crippen molar-refractivity contribution in [3.05, 3.63) is 23.8 Å². The molecule has 2 aliphatic heterocycles. The summed E-state index contributed by atoms with van der Waals surface area (Å²) in [6.45, 7) is 12.0. The lowest BCUT2D eigenvalue weighted by molar-refractivity contribution is -0.304. The molecule has 1 fully saturated rings. The Morgan fingerprint density at radius 3 is 2.24 bits per heavy atom. The Kier molecular flexibility index (Phi) is 20.6. The molecule has 3 unspecified atom stereocenters. The van der Waals surface area contributed by atoms with E-state index in [1.807, 2.05) is 19.9 Å². The second-order valence-electron chi connectivity index (χ2n) is 15.0. The highest BCUT2D eigenvalue weighted by Crippen LogP contribution is 2.32. The molecule has 312 valence electrons. The lowest BCUT2D eigenvalue weighted by Crippen LogP contribution is -2.59. The van der Waals surface area contributed by atoms with Crippen molar-refractivity contribution < 1.29 is 68.0 Å². The molecule has 15 nitrogen and oxygen atoms in total. The fourth-order valence-corrected chi connectivity index (χ4v) is 7.05. The monoisotopic (exact) mass is 773 g/mol. The zero-order valence-electron chi connectivity index (χ0n) is 33.9. The highest BCUT2D eigenvalue weighted by atomic mass is 16.7. The first-order valence-corrected chi connectivity index (χ1v) is 19.0. The van der Waals surface area contributed by atoms with Crippen molar-refractivity contribution >= 4 is 18.0 Å². The lowest BCUT2D eigenvalue weighted by atomic mass is 9.80. The van der Waals surface area contributed by atoms with Crippen LogP contribution in [0.15, 0.2) is 23.8 Å². The molecule has 16 atom stereocenters. The number of ketones is 1. The molecule has 15 heteroatoms. The van der Waals surface area contributed by atoms with Crippen molar-refractivity contribution in [2.75, 3.05) is 34.9 Å². The number of rotatable bonds is 15. The molecule has 0 aromatic heterocycles. The molecule has 0 saturated carbocycles. The zero-order valence-corrected chi connectivity index (χ0v) is 33.9. The topological polar surface area (TPSA) is 200 Å². The third kappa shape index (κ3) is 13.8. The maximum absolute atomic E-state index is 13.5. The van der Waals surface area contributed by atoms with Gasteiger partial charge in [0.25, 0.3) is 0 Å². The molecular formula is C39H67NO14. The molecule has 0 aromatic carbocycles. The Bertz CT molecular complexity index is 1210. The van der Waals surface area contributed by atoms with Crippen molar-refractivity contribution in [3.8, 4) is 0 Å². The van der Waals surface area contributed by atoms with Crippen LogP contribution in [0.5, 0.6) is 0 Å². The van der Waals surface area contributed by atoms with E-state index in [1.54, 1.807) is 54.8 Å². The fraction of sp³-hybridized carbons (Fsp3) is 0.821. The van der Waals surface area contributed by atoms with E-state index in [9.17, 15) is 34.8 Å². The van der Waals surface area contributed by atoms with Gasteiger partial charge >= 0.3 is 5.97 Å². The maximum atomic E-state index is 13.5. The normalized spacial score (nSPS) is 37.4. The minimum atomic E-state index is -1.28. The number of hydrogen-bond donors (Lipinski definition) is 4. The van der Waals surface area contributed by atoms with Gasteiger partial charge in [0.1, 0.15) is 43.0 Å². The summed E-state index contributed by atoms with van der Waals surface area (Å²) in [4.78, 5) is 40.3. The van der Waals surface area contributed by atoms with Gasteiger partial charge in [-0.2, -0.15) is 0 Å². The Labute approximate surface area is 320 Å². The standard InChI is InChI=1S/C39H67NO14/c1-12-31-28(20-50-39-37(49-11)36(48-10)33(45)24(5)52-39)17-21(2)13-14-29(42)22(3)18-27(15-16-41)35(23(4)30(43)19-32(44)54-31)53-26(7)51-25(6)34(46)38(47)40(8)9/h13-14,16-17,22-28,30-31,33-39,43,45-47H,12,15,18-20H2,1-11H3/b14-13+,21-17+/t22-,23+,24?,25-,26+,27+,28-,30-,31-,33-,34-,35-,36+,37?,38?,39-/m1/s1. The quantitative estimate of drug-likeness (QED) is 0.107. The van der Waals surface area contributed by atoms with E-state index in [0.717, 1.165) is 6.29 Å². The molecule has 0 spiro atoms. The van der Waals surface area contributed by atoms with Crippen LogP contribution in [0, 0.1) is 23.7 Å². The van der Waals surface area contributed by atoms with Crippen molar-refractivity contribution in [2.24, 2.45) is 23.7 Å². The van der Waals surface area contributed by atoms with Crippen molar-refractivity contribution in [3.63, 3.8) is 0 Å². The predicted molar refractivity (Wildman–Crippen MR) is 198 cm³/mol. The van der Waals surface area contributed by atoms with Crippen molar-refractivity contribution in [1.29, 1.82) is 0 Å². The smallest absolute Gasteiger partial charge is 0.308 e. The van der Waals surface area contributed by atoms with Gasteiger partial charge in [-0.1, -0.05) is 38.5 Å². The number of aliphatic hydroxyl groups excluding tert-OH is 4. The summed E-state index contributed by atoms with van der Waals surface area (Å²) in [7, 11) is 6.15. The Hall–Kier alpha value is -2.15. The van der Waals surface area contributed by atoms with Gasteiger partial charge < -0.3 is 58.4 Å². The van der Waals surface area contributed by atoms with Crippen LogP contribution in [0.25, 0.3) is 0 Å². The van der Waals surface area contributed by atoms with Crippen LogP contribution < -0.4 is 0 Å². The average Bonchev–Trinajstić information content (AvgIpc) is 3.12. The Morgan fingerprint density at radius 2 is 1.67 bits per heavy atom. The van der Waals surface area contributed by atoms with Crippen LogP contribution in [0.1, 0.15) is 74.1 Å². The number of nitrogens with zero attached hydrogens (tertiary/aromatic N) is 1. The van der Waals surface area contributed by atoms with E-state index >= 15 is 0 Å². The number of aldehydes is 1. The minimum Gasteiger partial charge on any atom is -0.462 e. The van der Waals surface area contributed by atoms with Crippen LogP contribution >= 0.6 is 0 Å². The summed E-state index contributed by atoms with van der Waals surface area (Å²) in [6, 6.07) is 0. The van der Waals surface area contributed by atoms with E-state index < -0.39 is 110 Å². The van der Waals surface area contributed by atoms with Gasteiger partial charge in [0.2, 0.25) is 0 Å². The molecule has 54 heavy (non-hydrogen) atoms. The SMILES string of the molecule is CC[C@H]1OC(=O)C[C@@H](O)[C@H](C)[C@@H](O[C@@H](C)O[C@H](C)[C@@H](O)C(O)N(C)C)[C@@H](CC=O)C[C@@H](C)C(=O)/C=C/C(C)=C/[C@@H]1CO[C@@H]1OC(C)[C@@H](O)[C@H](OC)C1OC.